The van der Waals surface area contributed by atoms with Crippen LogP contribution in [0, 0.1) is 0 Å². The van der Waals surface area contributed by atoms with Gasteiger partial charge in [-0.05, 0) is 23.8 Å². The zero-order chi connectivity index (χ0) is 13.9. The molecule has 6 heteroatoms. The van der Waals surface area contributed by atoms with E-state index in [0.29, 0.717) is 23.0 Å². The molecule has 1 aromatic carbocycles. The lowest BCUT2D eigenvalue weighted by atomic mass is 10.2. The first kappa shape index (κ1) is 12.6. The van der Waals surface area contributed by atoms with Crippen LogP contribution in [0.3, 0.4) is 0 Å². The Kier molecular flexibility index (Phi) is 3.35. The first-order chi connectivity index (χ1) is 9.72. The summed E-state index contributed by atoms with van der Waals surface area (Å²) >= 11 is 5.94. The molecular formula is C14H10ClN3O2. The van der Waals surface area contributed by atoms with E-state index in [9.17, 15) is 4.79 Å². The van der Waals surface area contributed by atoms with Gasteiger partial charge in [-0.1, -0.05) is 23.7 Å². The molecule has 20 heavy (non-hydrogen) atoms. The van der Waals surface area contributed by atoms with Crippen molar-refractivity contribution in [3.63, 3.8) is 0 Å². The smallest absolute Gasteiger partial charge is 0.250 e. The zero-order valence-electron chi connectivity index (χ0n) is 10.4. The minimum Gasteiger partial charge on any atom is -0.423 e. The van der Waals surface area contributed by atoms with Gasteiger partial charge in [0, 0.05) is 17.3 Å². The van der Waals surface area contributed by atoms with Gasteiger partial charge in [0.05, 0.1) is 12.1 Å². The highest BCUT2D eigenvalue weighted by atomic mass is 35.5. The highest BCUT2D eigenvalue weighted by Crippen LogP contribution is 2.15. The largest absolute Gasteiger partial charge is 0.423 e. The Morgan fingerprint density at radius 2 is 2.15 bits per heavy atom. The van der Waals surface area contributed by atoms with E-state index in [1.54, 1.807) is 22.9 Å². The fourth-order valence-electron chi connectivity index (χ4n) is 1.91. The van der Waals surface area contributed by atoms with E-state index in [1.165, 1.54) is 12.5 Å². The van der Waals surface area contributed by atoms with Crippen molar-refractivity contribution >= 4 is 11.6 Å². The number of pyridine rings is 1. The monoisotopic (exact) mass is 287 g/mol. The number of benzene rings is 1. The van der Waals surface area contributed by atoms with Gasteiger partial charge in [0.2, 0.25) is 12.3 Å². The van der Waals surface area contributed by atoms with Crippen molar-refractivity contribution in [2.45, 2.75) is 6.54 Å². The predicted octanol–water partition coefficient (Wildman–Crippen LogP) is 2.60. The van der Waals surface area contributed by atoms with E-state index >= 15 is 0 Å². The highest BCUT2D eigenvalue weighted by Gasteiger charge is 2.06. The second-order valence-electron chi connectivity index (χ2n) is 4.26. The van der Waals surface area contributed by atoms with Crippen LogP contribution in [-0.4, -0.2) is 14.8 Å². The van der Waals surface area contributed by atoms with Gasteiger partial charge >= 0.3 is 0 Å². The topological polar surface area (TPSA) is 60.9 Å². The molecule has 0 fully saturated rings. The molecule has 3 rings (SSSR count). The number of rotatable bonds is 3. The molecule has 0 radical (unpaired) electrons. The maximum absolute atomic E-state index is 11.9. The third kappa shape index (κ3) is 2.62. The second-order valence-corrected chi connectivity index (χ2v) is 4.69. The second kappa shape index (κ2) is 5.30. The first-order valence-electron chi connectivity index (χ1n) is 5.94. The number of aromatic nitrogens is 3. The van der Waals surface area contributed by atoms with Crippen LogP contribution in [0.5, 0.6) is 0 Å². The molecule has 0 unspecified atom stereocenters. The van der Waals surface area contributed by atoms with Crippen LogP contribution >= 0.6 is 11.6 Å². The standard InChI is InChI=1S/C14H10ClN3O2/c15-12-3-1-2-10(6-12)7-18-8-11(4-5-13(18)19)14-17-16-9-20-14/h1-6,8-9H,7H2. The van der Waals surface area contributed by atoms with Crippen molar-refractivity contribution in [2.24, 2.45) is 0 Å². The predicted molar refractivity (Wildman–Crippen MR) is 74.5 cm³/mol. The lowest BCUT2D eigenvalue weighted by molar-refractivity contribution is 0.567. The highest BCUT2D eigenvalue weighted by molar-refractivity contribution is 6.30. The Balaban J connectivity index is 1.97. The van der Waals surface area contributed by atoms with Crippen molar-refractivity contribution in [3.05, 3.63) is 69.9 Å². The molecule has 0 saturated heterocycles. The molecule has 2 aromatic heterocycles. The van der Waals surface area contributed by atoms with E-state index in [1.807, 2.05) is 18.2 Å². The zero-order valence-corrected chi connectivity index (χ0v) is 11.1. The van der Waals surface area contributed by atoms with Crippen molar-refractivity contribution in [3.8, 4) is 11.5 Å². The number of nitrogens with zero attached hydrogens (tertiary/aromatic N) is 3. The van der Waals surface area contributed by atoms with Gasteiger partial charge in [0.25, 0.3) is 5.56 Å². The molecule has 0 spiro atoms. The number of halogens is 1. The molecule has 0 saturated carbocycles. The van der Waals surface area contributed by atoms with E-state index in [0.717, 1.165) is 5.56 Å². The molecular weight excluding hydrogens is 278 g/mol. The summed E-state index contributed by atoms with van der Waals surface area (Å²) in [5, 5.41) is 8.09. The van der Waals surface area contributed by atoms with Gasteiger partial charge in [-0.15, -0.1) is 10.2 Å². The lowest BCUT2D eigenvalue weighted by Gasteiger charge is -2.07. The number of hydrogen-bond acceptors (Lipinski definition) is 4. The summed E-state index contributed by atoms with van der Waals surface area (Å²) in [5.41, 5.74) is 1.54. The van der Waals surface area contributed by atoms with Crippen LogP contribution in [0.1, 0.15) is 5.56 Å². The molecule has 0 amide bonds. The van der Waals surface area contributed by atoms with Gasteiger partial charge in [0.15, 0.2) is 0 Å². The average Bonchev–Trinajstić information content (AvgIpc) is 2.95. The van der Waals surface area contributed by atoms with Crippen molar-refractivity contribution in [2.75, 3.05) is 0 Å². The molecule has 5 nitrogen and oxygen atoms in total. The fraction of sp³-hybridized carbons (Fsp3) is 0.0714. The van der Waals surface area contributed by atoms with Gasteiger partial charge < -0.3 is 8.98 Å². The number of hydrogen-bond donors (Lipinski definition) is 0. The minimum absolute atomic E-state index is 0.103. The summed E-state index contributed by atoms with van der Waals surface area (Å²) in [6.45, 7) is 0.432. The van der Waals surface area contributed by atoms with Gasteiger partial charge in [-0.2, -0.15) is 0 Å². The normalized spacial score (nSPS) is 10.7. The van der Waals surface area contributed by atoms with Crippen molar-refractivity contribution in [1.82, 2.24) is 14.8 Å². The maximum Gasteiger partial charge on any atom is 0.250 e. The Morgan fingerprint density at radius 1 is 1.25 bits per heavy atom. The Labute approximate surface area is 119 Å². The molecule has 3 aromatic rings. The van der Waals surface area contributed by atoms with Crippen LogP contribution in [-0.2, 0) is 6.54 Å². The average molecular weight is 288 g/mol. The molecule has 0 aliphatic carbocycles. The minimum atomic E-state index is -0.103. The van der Waals surface area contributed by atoms with Crippen LogP contribution < -0.4 is 5.56 Å². The third-order valence-electron chi connectivity index (χ3n) is 2.83. The van der Waals surface area contributed by atoms with Crippen molar-refractivity contribution < 1.29 is 4.42 Å². The summed E-state index contributed by atoms with van der Waals surface area (Å²) in [6.07, 6.45) is 2.94. The molecule has 100 valence electrons. The van der Waals surface area contributed by atoms with E-state index < -0.39 is 0 Å². The molecule has 0 N–H and O–H groups in total. The molecule has 0 aliphatic heterocycles. The third-order valence-corrected chi connectivity index (χ3v) is 3.07. The van der Waals surface area contributed by atoms with Crippen LogP contribution in [0.15, 0.2) is 58.2 Å². The van der Waals surface area contributed by atoms with Crippen LogP contribution in [0.4, 0.5) is 0 Å². The van der Waals surface area contributed by atoms with Crippen LogP contribution in [0.25, 0.3) is 11.5 Å². The molecule has 2 heterocycles. The first-order valence-corrected chi connectivity index (χ1v) is 6.32. The van der Waals surface area contributed by atoms with E-state index in [2.05, 4.69) is 10.2 Å². The fourth-order valence-corrected chi connectivity index (χ4v) is 2.13. The van der Waals surface area contributed by atoms with E-state index in [-0.39, 0.29) is 5.56 Å². The van der Waals surface area contributed by atoms with Gasteiger partial charge in [0.1, 0.15) is 0 Å². The Morgan fingerprint density at radius 3 is 2.90 bits per heavy atom. The summed E-state index contributed by atoms with van der Waals surface area (Å²) in [6, 6.07) is 10.5. The summed E-state index contributed by atoms with van der Waals surface area (Å²) in [5.74, 6) is 0.379. The Bertz CT molecular complexity index is 781. The molecule has 0 aliphatic rings. The van der Waals surface area contributed by atoms with Crippen molar-refractivity contribution in [1.29, 1.82) is 0 Å². The Hall–Kier alpha value is -2.40. The summed E-state index contributed by atoms with van der Waals surface area (Å²) in [7, 11) is 0. The maximum atomic E-state index is 11.9. The lowest BCUT2D eigenvalue weighted by Crippen LogP contribution is -2.19. The van der Waals surface area contributed by atoms with Gasteiger partial charge in [-0.25, -0.2) is 0 Å². The summed E-state index contributed by atoms with van der Waals surface area (Å²) < 4.78 is 6.70. The SMILES string of the molecule is O=c1ccc(-c2nnco2)cn1Cc1cccc(Cl)c1. The summed E-state index contributed by atoms with van der Waals surface area (Å²) in [4.78, 5) is 11.9. The molecule has 0 atom stereocenters. The van der Waals surface area contributed by atoms with Gasteiger partial charge in [-0.3, -0.25) is 4.79 Å². The quantitative estimate of drug-likeness (QED) is 0.743. The van der Waals surface area contributed by atoms with Crippen LogP contribution in [0.2, 0.25) is 5.02 Å². The van der Waals surface area contributed by atoms with E-state index in [4.69, 9.17) is 16.0 Å². The molecule has 0 bridgehead atoms.